The number of ketones is 1. The Bertz CT molecular complexity index is 1470. The Labute approximate surface area is 234 Å². The molecule has 1 N–H and O–H groups in total. The van der Waals surface area contributed by atoms with Gasteiger partial charge in [-0.3, -0.25) is 4.79 Å². The molecular formula is C33H34IrNO2-. The second-order valence-electron chi connectivity index (χ2n) is 11.1. The van der Waals surface area contributed by atoms with Crippen LogP contribution in [0.4, 0.5) is 0 Å². The molecule has 3 nitrogen and oxygen atoms in total. The van der Waals surface area contributed by atoms with Crippen LogP contribution in [0, 0.1) is 6.07 Å². The van der Waals surface area contributed by atoms with E-state index in [1.807, 2.05) is 6.20 Å². The molecule has 5 rings (SSSR count). The minimum absolute atomic E-state index is 0. The first kappa shape index (κ1) is 28.5. The molecule has 0 saturated heterocycles. The first-order valence-corrected chi connectivity index (χ1v) is 12.3. The van der Waals surface area contributed by atoms with E-state index in [0.717, 1.165) is 11.3 Å². The molecule has 1 aromatic heterocycles. The summed E-state index contributed by atoms with van der Waals surface area (Å²) in [6.45, 7) is 14.2. The molecule has 1 aliphatic rings. The third-order valence-electron chi connectivity index (χ3n) is 6.77. The predicted octanol–water partition coefficient (Wildman–Crippen LogP) is 8.34. The van der Waals surface area contributed by atoms with Gasteiger partial charge in [-0.1, -0.05) is 71.0 Å². The van der Waals surface area contributed by atoms with Crippen LogP contribution in [0.25, 0.3) is 33.2 Å². The topological polar surface area (TPSA) is 50.2 Å². The molecule has 4 aromatic rings. The molecule has 0 bridgehead atoms. The van der Waals surface area contributed by atoms with Crippen molar-refractivity contribution in [2.75, 3.05) is 0 Å². The number of carbonyl (C=O) groups is 1. The van der Waals surface area contributed by atoms with Gasteiger partial charge in [0, 0.05) is 37.8 Å². The second-order valence-corrected chi connectivity index (χ2v) is 11.1. The zero-order valence-electron chi connectivity index (χ0n) is 22.6. The van der Waals surface area contributed by atoms with Gasteiger partial charge in [-0.15, -0.1) is 35.4 Å². The maximum absolute atomic E-state index is 10.0. The third-order valence-corrected chi connectivity index (χ3v) is 6.77. The Morgan fingerprint density at radius 3 is 2.19 bits per heavy atom. The molecule has 0 aliphatic heterocycles. The van der Waals surface area contributed by atoms with E-state index in [1.54, 1.807) is 0 Å². The van der Waals surface area contributed by atoms with E-state index >= 15 is 0 Å². The van der Waals surface area contributed by atoms with Crippen LogP contribution in [0.5, 0.6) is 0 Å². The molecule has 193 valence electrons. The van der Waals surface area contributed by atoms with E-state index in [0.29, 0.717) is 0 Å². The predicted molar refractivity (Wildman–Crippen MR) is 149 cm³/mol. The number of pyridine rings is 1. The fourth-order valence-electron chi connectivity index (χ4n) is 5.15. The van der Waals surface area contributed by atoms with Crippen molar-refractivity contribution in [2.45, 2.75) is 59.3 Å². The summed E-state index contributed by atoms with van der Waals surface area (Å²) in [5, 5.41) is 11.0. The Balaban J connectivity index is 0.000000422. The number of benzene rings is 3. The normalized spacial score (nSPS) is 13.6. The van der Waals surface area contributed by atoms with Gasteiger partial charge in [-0.25, -0.2) is 0 Å². The van der Waals surface area contributed by atoms with Gasteiger partial charge in [0.2, 0.25) is 0 Å². The number of carbonyl (C=O) groups excluding carboxylic acids is 1. The molecule has 37 heavy (non-hydrogen) atoms. The summed E-state index contributed by atoms with van der Waals surface area (Å²) in [6.07, 6.45) is 3.11. The van der Waals surface area contributed by atoms with Crippen molar-refractivity contribution in [1.82, 2.24) is 4.98 Å². The number of fused-ring (bicyclic) bond motifs is 5. The van der Waals surface area contributed by atoms with Gasteiger partial charge in [0.05, 0.1) is 5.76 Å². The Morgan fingerprint density at radius 2 is 1.62 bits per heavy atom. The van der Waals surface area contributed by atoms with Crippen LogP contribution in [0.2, 0.25) is 0 Å². The largest absolute Gasteiger partial charge is 0.512 e. The maximum Gasteiger partial charge on any atom is 0.155 e. The van der Waals surface area contributed by atoms with E-state index in [9.17, 15) is 4.79 Å². The monoisotopic (exact) mass is 669 g/mol. The zero-order chi connectivity index (χ0) is 26.3. The number of nitrogens with zero attached hydrogens (tertiary/aromatic N) is 1. The Morgan fingerprint density at radius 1 is 0.946 bits per heavy atom. The summed E-state index contributed by atoms with van der Waals surface area (Å²) in [7, 11) is 0. The molecule has 0 saturated carbocycles. The standard InChI is InChI=1S/C28H26N.C5H8O2.Ir/c1-27(2,3)20-13-10-19(11-14-20)26-25-23(16-17-29-26)22-15-12-18-8-6-7-9-21(18)24(22)28(25,4)5;1-4(6)3-5(2)7;/h6-10,12-17H,1-5H3;3,6H,1-2H3;/q-1;;/b;4-3-;. The molecule has 1 aliphatic carbocycles. The smallest absolute Gasteiger partial charge is 0.155 e. The molecule has 1 radical (unpaired) electrons. The second kappa shape index (κ2) is 10.7. The van der Waals surface area contributed by atoms with Crippen LogP contribution in [-0.4, -0.2) is 15.9 Å². The first-order chi connectivity index (χ1) is 16.9. The molecule has 0 amide bonds. The minimum Gasteiger partial charge on any atom is -0.512 e. The van der Waals surface area contributed by atoms with Crippen molar-refractivity contribution in [3.8, 4) is 22.4 Å². The third kappa shape index (κ3) is 5.61. The molecule has 0 fully saturated rings. The average Bonchev–Trinajstić information content (AvgIpc) is 3.05. The fraction of sp³-hybridized carbons (Fsp3) is 0.273. The van der Waals surface area contributed by atoms with Crippen LogP contribution in [0.1, 0.15) is 65.2 Å². The molecule has 3 aromatic carbocycles. The van der Waals surface area contributed by atoms with Crippen LogP contribution in [0.15, 0.2) is 78.7 Å². The number of hydrogen-bond acceptors (Lipinski definition) is 3. The van der Waals surface area contributed by atoms with Gasteiger partial charge >= 0.3 is 0 Å². The fourth-order valence-corrected chi connectivity index (χ4v) is 5.15. The van der Waals surface area contributed by atoms with Gasteiger partial charge < -0.3 is 10.1 Å². The van der Waals surface area contributed by atoms with Crippen molar-refractivity contribution < 1.29 is 30.0 Å². The Hall–Kier alpha value is -3.07. The van der Waals surface area contributed by atoms with E-state index in [-0.39, 0.29) is 42.5 Å². The minimum atomic E-state index is -0.125. The van der Waals surface area contributed by atoms with Crippen LogP contribution < -0.4 is 0 Å². The van der Waals surface area contributed by atoms with Crippen molar-refractivity contribution in [2.24, 2.45) is 0 Å². The number of rotatable bonds is 2. The summed E-state index contributed by atoms with van der Waals surface area (Å²) >= 11 is 0. The quantitative estimate of drug-likeness (QED) is 0.133. The molecule has 0 unspecified atom stereocenters. The van der Waals surface area contributed by atoms with Crippen molar-refractivity contribution in [3.05, 3.63) is 101 Å². The summed E-state index contributed by atoms with van der Waals surface area (Å²) in [5.74, 6) is -0.0625. The van der Waals surface area contributed by atoms with E-state index < -0.39 is 0 Å². The van der Waals surface area contributed by atoms with Crippen LogP contribution >= 0.6 is 0 Å². The van der Waals surface area contributed by atoms with Gasteiger partial charge in [-0.2, -0.15) is 0 Å². The molecule has 4 heteroatoms. The number of aliphatic hydroxyl groups excluding tert-OH is 1. The summed E-state index contributed by atoms with van der Waals surface area (Å²) in [6, 6.07) is 25.4. The Kier molecular flexibility index (Phi) is 8.27. The summed E-state index contributed by atoms with van der Waals surface area (Å²) < 4.78 is 0. The van der Waals surface area contributed by atoms with Crippen molar-refractivity contribution in [3.63, 3.8) is 0 Å². The summed E-state index contributed by atoms with van der Waals surface area (Å²) in [4.78, 5) is 14.9. The van der Waals surface area contributed by atoms with Gasteiger partial charge in [0.25, 0.3) is 0 Å². The SMILES string of the molecule is CC(=O)/C=C(/C)O.CC(C)(C)c1c[c-]c(-c2nccc3c2C(C)(C)c2c-3ccc3ccccc23)cc1.[Ir]. The number of allylic oxidation sites excluding steroid dienone is 2. The number of aliphatic hydroxyl groups is 1. The molecular weight excluding hydrogens is 635 g/mol. The van der Waals surface area contributed by atoms with Gasteiger partial charge in [-0.05, 0) is 64.0 Å². The number of hydrogen-bond donors (Lipinski definition) is 1. The van der Waals surface area contributed by atoms with Crippen molar-refractivity contribution in [1.29, 1.82) is 0 Å². The van der Waals surface area contributed by atoms with E-state index in [4.69, 9.17) is 10.1 Å². The van der Waals surface area contributed by atoms with E-state index in [2.05, 4.69) is 101 Å². The summed E-state index contributed by atoms with van der Waals surface area (Å²) in [5.41, 5.74) is 8.77. The van der Waals surface area contributed by atoms with Crippen molar-refractivity contribution >= 4 is 16.6 Å². The van der Waals surface area contributed by atoms with Gasteiger partial charge in [0.15, 0.2) is 5.78 Å². The molecule has 0 atom stereocenters. The van der Waals surface area contributed by atoms with Crippen LogP contribution in [-0.2, 0) is 35.7 Å². The first-order valence-electron chi connectivity index (χ1n) is 12.3. The van der Waals surface area contributed by atoms with Crippen LogP contribution in [0.3, 0.4) is 0 Å². The zero-order valence-corrected chi connectivity index (χ0v) is 25.0. The van der Waals surface area contributed by atoms with Gasteiger partial charge in [0.1, 0.15) is 0 Å². The van der Waals surface area contributed by atoms with E-state index in [1.165, 1.54) is 58.5 Å². The molecule has 0 spiro atoms. The maximum atomic E-state index is 10.0. The average molecular weight is 669 g/mol. The molecule has 1 heterocycles. The number of aromatic nitrogens is 1.